The molecule has 0 bridgehead atoms. The van der Waals surface area contributed by atoms with Crippen molar-refractivity contribution >= 4 is 45.6 Å². The Morgan fingerprint density at radius 3 is 2.21 bits per heavy atom. The number of aryl methyl sites for hydroxylation is 1. The molecule has 2 aromatic carbocycles. The molecule has 0 atom stereocenters. The fraction of sp³-hybridized carbons (Fsp3) is 0.263. The Morgan fingerprint density at radius 1 is 0.964 bits per heavy atom. The number of aromatic nitrogens is 2. The van der Waals surface area contributed by atoms with Crippen molar-refractivity contribution in [1.29, 1.82) is 0 Å². The van der Waals surface area contributed by atoms with Gasteiger partial charge >= 0.3 is 0 Å². The van der Waals surface area contributed by atoms with Crippen LogP contribution in [-0.2, 0) is 0 Å². The average Bonchev–Trinajstić information content (AvgIpc) is 2.60. The van der Waals surface area contributed by atoms with Crippen LogP contribution in [0.4, 0.5) is 29.1 Å². The lowest BCUT2D eigenvalue weighted by Crippen LogP contribution is -2.25. The molecular weight excluding hydrogens is 417 g/mol. The van der Waals surface area contributed by atoms with Crippen molar-refractivity contribution in [2.24, 2.45) is 0 Å². The third kappa shape index (κ3) is 5.02. The smallest absolute Gasteiger partial charge is 0.256 e. The summed E-state index contributed by atoms with van der Waals surface area (Å²) in [6, 6.07) is 5.94. The summed E-state index contributed by atoms with van der Waals surface area (Å²) in [6.07, 6.45) is -2.77. The highest BCUT2D eigenvalue weighted by Crippen LogP contribution is 2.35. The Labute approximate surface area is 169 Å². The summed E-state index contributed by atoms with van der Waals surface area (Å²) in [6.45, 7) is 4.81. The minimum absolute atomic E-state index is 0.0435. The van der Waals surface area contributed by atoms with Crippen LogP contribution in [0.15, 0.2) is 30.3 Å². The molecule has 0 saturated heterocycles. The van der Waals surface area contributed by atoms with E-state index in [0.29, 0.717) is 5.56 Å². The second-order valence-corrected chi connectivity index (χ2v) is 6.33. The summed E-state index contributed by atoms with van der Waals surface area (Å²) in [5.74, 6) is -1.39. The number of halogens is 6. The van der Waals surface area contributed by atoms with Gasteiger partial charge < -0.3 is 4.90 Å². The summed E-state index contributed by atoms with van der Waals surface area (Å²) in [5.41, 5.74) is 0.752. The molecule has 3 aromatic rings. The van der Waals surface area contributed by atoms with Crippen molar-refractivity contribution < 1.29 is 17.6 Å². The van der Waals surface area contributed by atoms with E-state index in [-0.39, 0.29) is 32.7 Å². The van der Waals surface area contributed by atoms with E-state index in [2.05, 4.69) is 9.97 Å². The van der Waals surface area contributed by atoms with E-state index in [1.165, 1.54) is 12.1 Å². The van der Waals surface area contributed by atoms with Crippen molar-refractivity contribution in [2.75, 3.05) is 11.4 Å². The molecule has 0 amide bonds. The molecular formula is C19H17Cl2F4N3. The maximum atomic E-state index is 13.8. The first-order valence-electron chi connectivity index (χ1n) is 8.40. The maximum Gasteiger partial charge on any atom is 0.256 e. The summed E-state index contributed by atoms with van der Waals surface area (Å²) >= 11 is 11.9. The van der Waals surface area contributed by atoms with Gasteiger partial charge in [0.05, 0.1) is 17.1 Å². The molecule has 3 nitrogen and oxygen atoms in total. The lowest BCUT2D eigenvalue weighted by atomic mass is 10.1. The monoisotopic (exact) mass is 433 g/mol. The summed E-state index contributed by atoms with van der Waals surface area (Å²) < 4.78 is 54.1. The number of anilines is 2. The minimum atomic E-state index is -2.77. The van der Waals surface area contributed by atoms with Crippen LogP contribution >= 0.6 is 23.2 Å². The van der Waals surface area contributed by atoms with Gasteiger partial charge in [-0.15, -0.1) is 0 Å². The van der Waals surface area contributed by atoms with Crippen LogP contribution in [0, 0.1) is 18.6 Å². The van der Waals surface area contributed by atoms with Crippen LogP contribution in [0.25, 0.3) is 10.9 Å². The molecule has 0 aliphatic rings. The van der Waals surface area contributed by atoms with E-state index < -0.39 is 24.6 Å². The van der Waals surface area contributed by atoms with Crippen molar-refractivity contribution in [3.63, 3.8) is 0 Å². The highest BCUT2D eigenvalue weighted by molar-refractivity contribution is 6.36. The number of nitrogens with zero attached hydrogens (tertiary/aromatic N) is 3. The van der Waals surface area contributed by atoms with Gasteiger partial charge in [-0.25, -0.2) is 22.5 Å². The summed E-state index contributed by atoms with van der Waals surface area (Å²) in [5, 5.41) is -0.215. The first kappa shape index (κ1) is 22.2. The SMILES string of the molecule is CC.Cc1cc(F)cc(N(CC(F)F)c2nc(Cl)nc3c(Cl)cc(F)cc23)c1. The number of hydrogen-bond donors (Lipinski definition) is 0. The molecule has 3 rings (SSSR count). The first-order chi connectivity index (χ1) is 13.2. The molecule has 0 aliphatic carbocycles. The molecule has 0 saturated carbocycles. The molecule has 0 N–H and O–H groups in total. The Kier molecular flexibility index (Phi) is 7.43. The molecule has 1 aromatic heterocycles. The van der Waals surface area contributed by atoms with E-state index in [1.54, 1.807) is 6.92 Å². The summed E-state index contributed by atoms with van der Waals surface area (Å²) in [7, 11) is 0. The van der Waals surface area contributed by atoms with Crippen LogP contribution in [0.1, 0.15) is 19.4 Å². The number of alkyl halides is 2. The largest absolute Gasteiger partial charge is 0.320 e. The predicted molar refractivity (Wildman–Crippen MR) is 105 cm³/mol. The molecule has 0 unspecified atom stereocenters. The van der Waals surface area contributed by atoms with E-state index in [9.17, 15) is 17.6 Å². The Hall–Kier alpha value is -2.12. The second-order valence-electron chi connectivity index (χ2n) is 5.59. The topological polar surface area (TPSA) is 29.0 Å². The van der Waals surface area contributed by atoms with Gasteiger partial charge in [0.1, 0.15) is 17.5 Å². The molecule has 0 fully saturated rings. The zero-order valence-electron chi connectivity index (χ0n) is 15.3. The number of benzene rings is 2. The third-order valence-electron chi connectivity index (χ3n) is 3.59. The number of rotatable bonds is 4. The van der Waals surface area contributed by atoms with Crippen LogP contribution in [0.3, 0.4) is 0 Å². The van der Waals surface area contributed by atoms with Crippen LogP contribution in [0.5, 0.6) is 0 Å². The molecule has 0 radical (unpaired) electrons. The fourth-order valence-electron chi connectivity index (χ4n) is 2.65. The van der Waals surface area contributed by atoms with Crippen molar-refractivity contribution in [3.05, 3.63) is 57.8 Å². The quantitative estimate of drug-likeness (QED) is 0.329. The molecule has 1 heterocycles. The van der Waals surface area contributed by atoms with E-state index in [0.717, 1.165) is 23.1 Å². The normalized spacial score (nSPS) is 10.8. The highest BCUT2D eigenvalue weighted by Gasteiger charge is 2.22. The number of fused-ring (bicyclic) bond motifs is 1. The number of hydrogen-bond acceptors (Lipinski definition) is 3. The fourth-order valence-corrected chi connectivity index (χ4v) is 3.06. The van der Waals surface area contributed by atoms with Gasteiger partial charge in [0, 0.05) is 11.1 Å². The van der Waals surface area contributed by atoms with Gasteiger partial charge in [-0.05, 0) is 54.4 Å². The van der Waals surface area contributed by atoms with Crippen LogP contribution < -0.4 is 4.90 Å². The van der Waals surface area contributed by atoms with Crippen molar-refractivity contribution in [2.45, 2.75) is 27.2 Å². The second kappa shape index (κ2) is 9.39. The van der Waals surface area contributed by atoms with Gasteiger partial charge in [-0.3, -0.25) is 0 Å². The molecule has 0 spiro atoms. The highest BCUT2D eigenvalue weighted by atomic mass is 35.5. The molecule has 9 heteroatoms. The average molecular weight is 434 g/mol. The van der Waals surface area contributed by atoms with E-state index >= 15 is 0 Å². The van der Waals surface area contributed by atoms with Gasteiger partial charge in [0.25, 0.3) is 6.43 Å². The third-order valence-corrected chi connectivity index (χ3v) is 4.04. The minimum Gasteiger partial charge on any atom is -0.320 e. The standard InChI is InChI=1S/C17H11Cl2F4N3.C2H6/c1-8-2-9(20)4-11(3-8)26(7-14(22)23)16-12-5-10(21)6-13(18)15(12)24-17(19)25-16;1-2/h2-6,14H,7H2,1H3;1-2H3. The lowest BCUT2D eigenvalue weighted by molar-refractivity contribution is 0.158. The van der Waals surface area contributed by atoms with Crippen molar-refractivity contribution in [3.8, 4) is 0 Å². The van der Waals surface area contributed by atoms with Gasteiger partial charge in [0.15, 0.2) is 0 Å². The Balaban J connectivity index is 0.00000136. The van der Waals surface area contributed by atoms with Crippen LogP contribution in [0.2, 0.25) is 10.3 Å². The van der Waals surface area contributed by atoms with Gasteiger partial charge in [-0.1, -0.05) is 25.4 Å². The molecule has 28 heavy (non-hydrogen) atoms. The van der Waals surface area contributed by atoms with Gasteiger partial charge in [0.2, 0.25) is 5.28 Å². The lowest BCUT2D eigenvalue weighted by Gasteiger charge is -2.25. The van der Waals surface area contributed by atoms with Crippen LogP contribution in [-0.4, -0.2) is 22.9 Å². The zero-order chi connectivity index (χ0) is 21.0. The van der Waals surface area contributed by atoms with E-state index in [1.807, 2.05) is 13.8 Å². The summed E-state index contributed by atoms with van der Waals surface area (Å²) in [4.78, 5) is 8.97. The Morgan fingerprint density at radius 2 is 1.61 bits per heavy atom. The van der Waals surface area contributed by atoms with Crippen molar-refractivity contribution in [1.82, 2.24) is 9.97 Å². The molecule has 150 valence electrons. The maximum absolute atomic E-state index is 13.8. The van der Waals surface area contributed by atoms with E-state index in [4.69, 9.17) is 23.2 Å². The van der Waals surface area contributed by atoms with Gasteiger partial charge in [-0.2, -0.15) is 4.98 Å². The molecule has 0 aliphatic heterocycles. The predicted octanol–water partition coefficient (Wildman–Crippen LogP) is 6.95. The first-order valence-corrected chi connectivity index (χ1v) is 9.15. The zero-order valence-corrected chi connectivity index (χ0v) is 16.8. The Bertz CT molecular complexity index is 963.